The summed E-state index contributed by atoms with van der Waals surface area (Å²) in [6.07, 6.45) is 5.74. The van der Waals surface area contributed by atoms with Crippen LogP contribution in [-0.4, -0.2) is 134 Å². The predicted molar refractivity (Wildman–Crippen MR) is 248 cm³/mol. The largest absolute Gasteiger partial charge is 0.494 e. The Bertz CT molecular complexity index is 2250. The zero-order valence-electron chi connectivity index (χ0n) is 35.8. The quantitative estimate of drug-likeness (QED) is 0.0392. The van der Waals surface area contributed by atoms with Crippen LogP contribution in [0.3, 0.4) is 0 Å². The van der Waals surface area contributed by atoms with Crippen molar-refractivity contribution in [2.75, 3.05) is 93.6 Å². The van der Waals surface area contributed by atoms with Crippen LogP contribution in [0.15, 0.2) is 66.9 Å². The molecular weight excluding hydrogens is 827 g/mol. The fraction of sp³-hybridized carbons (Fsp3) is 0.422. The number of imide groups is 2. The van der Waals surface area contributed by atoms with Crippen LogP contribution in [0.25, 0.3) is 0 Å². The summed E-state index contributed by atoms with van der Waals surface area (Å²) in [5, 5.41) is 13.9. The normalized spacial score (nSPS) is 16.6. The Kier molecular flexibility index (Phi) is 14.9. The standard InChI is InChI=1S/C45H56ClN10O5P/c1-5-10-37(42(58)49-29-57)56-43(59)32-11-8-13-36(40(32)44(56)60)47-19-9-20-53-23-25-55(26-24-53)30-17-21-54(22-18-30)31-15-16-34(38(27-31)61-2)51-45-48-28-33(46)41(52-45)50-35-12-6-7-14-39(35)62(3)4/h6-8,11-16,27-30,37,47H,5,9-10,17-26H2,1-4H3,(H,49,57,58)(H2,48,50,51,52). The Morgan fingerprint density at radius 3 is 2.44 bits per heavy atom. The first kappa shape index (κ1) is 44.7. The summed E-state index contributed by atoms with van der Waals surface area (Å²) in [6, 6.07) is 19.1. The highest BCUT2D eigenvalue weighted by Crippen LogP contribution is 2.36. The molecule has 0 spiro atoms. The molecular formula is C45H56ClN10O5P. The molecule has 15 nitrogen and oxygen atoms in total. The first-order chi connectivity index (χ1) is 30.1. The highest BCUT2D eigenvalue weighted by Gasteiger charge is 2.43. The van der Waals surface area contributed by atoms with E-state index in [9.17, 15) is 19.2 Å². The predicted octanol–water partition coefficient (Wildman–Crippen LogP) is 6.12. The molecule has 17 heteroatoms. The molecule has 0 saturated carbocycles. The van der Waals surface area contributed by atoms with Crippen LogP contribution >= 0.6 is 19.5 Å². The first-order valence-corrected chi connectivity index (χ1v) is 23.9. The Morgan fingerprint density at radius 2 is 1.71 bits per heavy atom. The maximum atomic E-state index is 13.5. The van der Waals surface area contributed by atoms with Gasteiger partial charge in [-0.3, -0.25) is 34.3 Å². The number of nitrogens with zero attached hydrogens (tertiary/aromatic N) is 6. The van der Waals surface area contributed by atoms with Crippen LogP contribution in [0, 0.1) is 0 Å². The Morgan fingerprint density at radius 1 is 0.952 bits per heavy atom. The number of piperazine rings is 1. The maximum Gasteiger partial charge on any atom is 0.264 e. The van der Waals surface area contributed by atoms with Crippen LogP contribution in [0.5, 0.6) is 5.75 Å². The molecule has 0 aliphatic carbocycles. The molecule has 62 heavy (non-hydrogen) atoms. The van der Waals surface area contributed by atoms with Gasteiger partial charge >= 0.3 is 0 Å². The molecule has 1 unspecified atom stereocenters. The van der Waals surface area contributed by atoms with Crippen LogP contribution in [-0.2, 0) is 9.59 Å². The van der Waals surface area contributed by atoms with E-state index < -0.39 is 23.8 Å². The lowest BCUT2D eigenvalue weighted by atomic mass is 10.0. The molecule has 2 fully saturated rings. The molecule has 328 valence electrons. The van der Waals surface area contributed by atoms with Gasteiger partial charge in [0.2, 0.25) is 18.3 Å². The molecule has 3 aromatic carbocycles. The zero-order valence-corrected chi connectivity index (χ0v) is 37.5. The molecule has 4 N–H and O–H groups in total. The molecule has 7 rings (SSSR count). The number of nitrogens with one attached hydrogen (secondary N) is 4. The number of benzene rings is 3. The topological polar surface area (TPSA) is 164 Å². The lowest BCUT2D eigenvalue weighted by molar-refractivity contribution is -0.128. The van der Waals surface area contributed by atoms with Gasteiger partial charge in [-0.1, -0.05) is 57.1 Å². The van der Waals surface area contributed by atoms with Crippen molar-refractivity contribution in [3.63, 3.8) is 0 Å². The minimum Gasteiger partial charge on any atom is -0.494 e. The van der Waals surface area contributed by atoms with Gasteiger partial charge in [0.1, 0.15) is 16.8 Å². The molecule has 4 heterocycles. The average molecular weight is 883 g/mol. The number of aromatic nitrogens is 2. The smallest absolute Gasteiger partial charge is 0.264 e. The number of amides is 4. The summed E-state index contributed by atoms with van der Waals surface area (Å²) in [7, 11) is 1.35. The van der Waals surface area contributed by atoms with Crippen molar-refractivity contribution in [3.05, 3.63) is 83.0 Å². The van der Waals surface area contributed by atoms with Gasteiger partial charge in [-0.15, -0.1) is 0 Å². The van der Waals surface area contributed by atoms with Crippen LogP contribution in [0.1, 0.15) is 59.7 Å². The van der Waals surface area contributed by atoms with Crippen molar-refractivity contribution in [3.8, 4) is 5.75 Å². The Labute approximate surface area is 369 Å². The Balaban J connectivity index is 0.860. The number of piperidine rings is 1. The SMILES string of the molecule is CCCC(C(=O)NC=O)N1C(=O)c2cccc(NCCCN3CCN(C4CCN(c5ccc(Nc6ncc(Cl)c(Nc7ccccc7P(C)C)n6)c(OC)c5)CC4)CC3)c2C1=O. The molecule has 1 aromatic heterocycles. The summed E-state index contributed by atoms with van der Waals surface area (Å²) in [5.74, 6) is -0.0407. The second-order valence-corrected chi connectivity index (χ2v) is 18.6. The number of fused-ring (bicyclic) bond motifs is 1. The molecule has 1 atom stereocenters. The molecule has 4 amide bonds. The first-order valence-electron chi connectivity index (χ1n) is 21.3. The maximum absolute atomic E-state index is 13.5. The molecule has 3 aliphatic heterocycles. The van der Waals surface area contributed by atoms with Crippen molar-refractivity contribution in [1.29, 1.82) is 0 Å². The van der Waals surface area contributed by atoms with Gasteiger partial charge in [-0.25, -0.2) is 4.98 Å². The van der Waals surface area contributed by atoms with Gasteiger partial charge in [0.15, 0.2) is 5.82 Å². The lowest BCUT2D eigenvalue weighted by Crippen LogP contribution is -2.53. The molecule has 3 aliphatic rings. The third-order valence-corrected chi connectivity index (χ3v) is 13.5. The number of rotatable bonds is 18. The van der Waals surface area contributed by atoms with E-state index in [0.29, 0.717) is 47.2 Å². The number of anilines is 6. The van der Waals surface area contributed by atoms with E-state index in [1.165, 1.54) is 5.30 Å². The van der Waals surface area contributed by atoms with E-state index in [0.717, 1.165) is 87.0 Å². The van der Waals surface area contributed by atoms with E-state index in [1.807, 2.05) is 31.2 Å². The number of carbonyl (C=O) groups is 4. The van der Waals surface area contributed by atoms with Gasteiger partial charge in [-0.2, -0.15) is 4.98 Å². The fourth-order valence-corrected chi connectivity index (χ4v) is 9.75. The fourth-order valence-electron chi connectivity index (χ4n) is 8.62. The minimum atomic E-state index is -1.04. The number of hydrogen-bond acceptors (Lipinski definition) is 13. The van der Waals surface area contributed by atoms with Crippen molar-refractivity contribution in [1.82, 2.24) is 30.0 Å². The van der Waals surface area contributed by atoms with Gasteiger partial charge < -0.3 is 30.5 Å². The van der Waals surface area contributed by atoms with Crippen molar-refractivity contribution in [2.24, 2.45) is 0 Å². The Hall–Kier alpha value is -5.34. The van der Waals surface area contributed by atoms with Crippen molar-refractivity contribution >= 4 is 83.5 Å². The molecule has 4 aromatic rings. The van der Waals surface area contributed by atoms with E-state index in [4.69, 9.17) is 21.3 Å². The average Bonchev–Trinajstić information content (AvgIpc) is 3.54. The summed E-state index contributed by atoms with van der Waals surface area (Å²) in [5.41, 5.74) is 3.99. The van der Waals surface area contributed by atoms with Gasteiger partial charge in [0.25, 0.3) is 11.8 Å². The van der Waals surface area contributed by atoms with E-state index >= 15 is 0 Å². The minimum absolute atomic E-state index is 0.266. The monoisotopic (exact) mass is 882 g/mol. The highest BCUT2D eigenvalue weighted by atomic mass is 35.5. The number of halogens is 1. The lowest BCUT2D eigenvalue weighted by Gasteiger charge is -2.43. The van der Waals surface area contributed by atoms with Gasteiger partial charge in [0.05, 0.1) is 30.1 Å². The number of hydrogen-bond donors (Lipinski definition) is 4. The van der Waals surface area contributed by atoms with Crippen LogP contribution < -0.4 is 36.2 Å². The second-order valence-electron chi connectivity index (χ2n) is 16.0. The van der Waals surface area contributed by atoms with Crippen LogP contribution in [0.4, 0.5) is 34.5 Å². The number of ether oxygens (including phenoxy) is 1. The van der Waals surface area contributed by atoms with Gasteiger partial charge in [-0.05, 0) is 81.2 Å². The van der Waals surface area contributed by atoms with Crippen molar-refractivity contribution in [2.45, 2.75) is 51.1 Å². The van der Waals surface area contributed by atoms with Crippen molar-refractivity contribution < 1.29 is 23.9 Å². The summed E-state index contributed by atoms with van der Waals surface area (Å²) in [6.45, 7) is 13.8. The number of methoxy groups -OCH3 is 1. The van der Waals surface area contributed by atoms with Gasteiger partial charge in [0, 0.05) is 75.0 Å². The molecule has 0 bridgehead atoms. The van der Waals surface area contributed by atoms with E-state index in [2.05, 4.69) is 72.5 Å². The zero-order chi connectivity index (χ0) is 43.8. The summed E-state index contributed by atoms with van der Waals surface area (Å²) < 4.78 is 5.83. The molecule has 2 saturated heterocycles. The number of para-hydroxylation sites is 1. The second kappa shape index (κ2) is 20.7. The third-order valence-electron chi connectivity index (χ3n) is 11.9. The van der Waals surface area contributed by atoms with E-state index in [-0.39, 0.29) is 31.9 Å². The van der Waals surface area contributed by atoms with Crippen LogP contribution in [0.2, 0.25) is 5.02 Å². The number of carbonyl (C=O) groups excluding carboxylic acids is 4. The highest BCUT2D eigenvalue weighted by molar-refractivity contribution is 7.64. The van der Waals surface area contributed by atoms with E-state index in [1.54, 1.807) is 31.5 Å². The summed E-state index contributed by atoms with van der Waals surface area (Å²) in [4.78, 5) is 68.0. The molecule has 0 radical (unpaired) electrons. The third kappa shape index (κ3) is 10.1. The summed E-state index contributed by atoms with van der Waals surface area (Å²) >= 11 is 6.52.